The Morgan fingerprint density at radius 1 is 1.02 bits per heavy atom. The van der Waals surface area contributed by atoms with Crippen LogP contribution in [0.2, 0.25) is 0 Å². The molecule has 3 fully saturated rings. The molecule has 3 N–H and O–H groups in total. The van der Waals surface area contributed by atoms with Gasteiger partial charge in [-0.3, -0.25) is 29.0 Å². The normalized spacial score (nSPS) is 32.6. The molecule has 0 spiro atoms. The lowest BCUT2D eigenvalue weighted by atomic mass is 9.56. The maximum atomic E-state index is 14.1. The van der Waals surface area contributed by atoms with Crippen LogP contribution in [0.5, 0.6) is 5.75 Å². The molecule has 4 aliphatic rings. The van der Waals surface area contributed by atoms with Crippen LogP contribution in [0.25, 0.3) is 0 Å². The maximum absolute atomic E-state index is 14.1. The number of nitrogens with zero attached hydrogens (tertiary/aromatic N) is 2. The topological polar surface area (TPSA) is 135 Å². The number of carbonyl (C=O) groups is 4. The highest BCUT2D eigenvalue weighted by atomic mass is 79.9. The molecular formula is C28H24BBrCl2N2O7. The predicted molar refractivity (Wildman–Crippen MR) is 155 cm³/mol. The van der Waals surface area contributed by atoms with Gasteiger partial charge in [0.1, 0.15) is 5.75 Å². The summed E-state index contributed by atoms with van der Waals surface area (Å²) in [7, 11) is -1.80. The van der Waals surface area contributed by atoms with Gasteiger partial charge in [0.15, 0.2) is 9.75 Å². The lowest BCUT2D eigenvalue weighted by molar-refractivity contribution is -0.138. The number of fused-ring (bicyclic) bond motifs is 4. The first-order valence-corrected chi connectivity index (χ1v) is 14.9. The molecule has 2 aliphatic carbocycles. The van der Waals surface area contributed by atoms with Crippen molar-refractivity contribution in [3.8, 4) is 5.75 Å². The van der Waals surface area contributed by atoms with Gasteiger partial charge < -0.3 is 15.2 Å². The molecule has 0 radical (unpaired) electrons. The number of likely N-dealkylation sites (tertiary alicyclic amines) is 1. The van der Waals surface area contributed by atoms with Crippen LogP contribution in [0.15, 0.2) is 54.1 Å². The van der Waals surface area contributed by atoms with Crippen LogP contribution in [0, 0.1) is 24.7 Å². The summed E-state index contributed by atoms with van der Waals surface area (Å²) in [6.45, 7) is 1.69. The first-order chi connectivity index (χ1) is 19.4. The van der Waals surface area contributed by atoms with Crippen LogP contribution < -0.4 is 10.4 Å². The number of imide groups is 2. The Kier molecular flexibility index (Phi) is 6.70. The Hall–Kier alpha value is -2.70. The van der Waals surface area contributed by atoms with Gasteiger partial charge in [-0.2, -0.15) is 0 Å². The van der Waals surface area contributed by atoms with Crippen LogP contribution in [0.4, 0.5) is 5.69 Å². The number of phenols is 1. The number of alkyl halides is 3. The van der Waals surface area contributed by atoms with Crippen LogP contribution in [0.3, 0.4) is 0 Å². The number of amides is 4. The van der Waals surface area contributed by atoms with Crippen molar-refractivity contribution in [1.29, 1.82) is 0 Å². The SMILES string of the molecule is Cc1cccc([C@H]2C3=CC[C@@H]4C(=O)N(c5cccc(B(O)O)c5)C(=O)[C@@H]4[C@@H]3C[C@@]3(Cl)C(=O)N(CBr)C(=O)[C@@]23Cl)c1O. The van der Waals surface area contributed by atoms with Crippen molar-refractivity contribution in [1.82, 2.24) is 4.90 Å². The molecule has 2 saturated heterocycles. The zero-order valence-corrected chi connectivity index (χ0v) is 24.7. The van der Waals surface area contributed by atoms with Crippen molar-refractivity contribution in [2.24, 2.45) is 17.8 Å². The van der Waals surface area contributed by atoms with Gasteiger partial charge in [0.2, 0.25) is 11.8 Å². The summed E-state index contributed by atoms with van der Waals surface area (Å²) in [6.07, 6.45) is 1.77. The molecule has 9 nitrogen and oxygen atoms in total. The minimum absolute atomic E-state index is 0.104. The zero-order valence-electron chi connectivity index (χ0n) is 21.6. The molecule has 212 valence electrons. The lowest BCUT2D eigenvalue weighted by Gasteiger charge is -2.50. The van der Waals surface area contributed by atoms with Crippen molar-refractivity contribution >= 4 is 81.0 Å². The second kappa shape index (κ2) is 9.67. The van der Waals surface area contributed by atoms with Crippen molar-refractivity contribution in [3.05, 3.63) is 65.2 Å². The minimum atomic E-state index is -2.00. The largest absolute Gasteiger partial charge is 0.507 e. The molecule has 4 amide bonds. The molecule has 1 saturated carbocycles. The summed E-state index contributed by atoms with van der Waals surface area (Å²) in [4.78, 5) is 53.2. The Morgan fingerprint density at radius 2 is 1.73 bits per heavy atom. The number of carbonyl (C=O) groups excluding carboxylic acids is 4. The highest BCUT2D eigenvalue weighted by Crippen LogP contribution is 2.66. The van der Waals surface area contributed by atoms with E-state index in [0.29, 0.717) is 16.7 Å². The van der Waals surface area contributed by atoms with Gasteiger partial charge in [-0.15, -0.1) is 23.2 Å². The average molecular weight is 662 g/mol. The molecular weight excluding hydrogens is 638 g/mol. The summed E-state index contributed by atoms with van der Waals surface area (Å²) < 4.78 is 0. The Morgan fingerprint density at radius 3 is 2.41 bits per heavy atom. The number of phenolic OH excluding ortho intramolecular Hbond substituents is 1. The molecule has 2 aromatic rings. The third-order valence-corrected chi connectivity index (χ3v) is 10.9. The molecule has 2 heterocycles. The van der Waals surface area contributed by atoms with Gasteiger partial charge in [-0.1, -0.05) is 57.9 Å². The number of hydrogen-bond acceptors (Lipinski definition) is 7. The molecule has 13 heteroatoms. The first-order valence-electron chi connectivity index (χ1n) is 13.0. The highest BCUT2D eigenvalue weighted by Gasteiger charge is 2.76. The van der Waals surface area contributed by atoms with Crippen LogP contribution >= 0.6 is 39.1 Å². The van der Waals surface area contributed by atoms with E-state index in [0.717, 1.165) is 9.80 Å². The number of aryl methyl sites for hydroxylation is 1. The summed E-state index contributed by atoms with van der Waals surface area (Å²) in [6, 6.07) is 10.9. The minimum Gasteiger partial charge on any atom is -0.507 e. The Balaban J connectivity index is 1.52. The van der Waals surface area contributed by atoms with E-state index < -0.39 is 64.2 Å². The van der Waals surface area contributed by atoms with E-state index in [9.17, 15) is 34.3 Å². The number of para-hydroxylation sites is 1. The van der Waals surface area contributed by atoms with Crippen molar-refractivity contribution < 1.29 is 34.3 Å². The summed E-state index contributed by atoms with van der Waals surface area (Å²) in [5.74, 6) is -6.01. The molecule has 6 atom stereocenters. The number of aromatic hydroxyl groups is 1. The van der Waals surface area contributed by atoms with Crippen molar-refractivity contribution in [2.45, 2.75) is 35.4 Å². The predicted octanol–water partition coefficient (Wildman–Crippen LogP) is 2.30. The third-order valence-electron chi connectivity index (χ3n) is 9.02. The van der Waals surface area contributed by atoms with E-state index in [-0.39, 0.29) is 35.2 Å². The fourth-order valence-corrected chi connectivity index (χ4v) is 8.51. The molecule has 0 bridgehead atoms. The fourth-order valence-electron chi connectivity index (χ4n) is 7.09. The quantitative estimate of drug-likeness (QED) is 0.151. The molecule has 2 aromatic carbocycles. The van der Waals surface area contributed by atoms with Crippen molar-refractivity contribution in [2.75, 3.05) is 10.4 Å². The Labute approximate surface area is 254 Å². The average Bonchev–Trinajstić information content (AvgIpc) is 3.28. The molecule has 2 aliphatic heterocycles. The summed E-state index contributed by atoms with van der Waals surface area (Å²) in [5, 5.41) is 30.4. The van der Waals surface area contributed by atoms with Gasteiger partial charge in [-0.25, -0.2) is 0 Å². The monoisotopic (exact) mass is 660 g/mol. The number of benzene rings is 2. The summed E-state index contributed by atoms with van der Waals surface area (Å²) >= 11 is 17.6. The molecule has 6 rings (SSSR count). The van der Waals surface area contributed by atoms with Crippen LogP contribution in [-0.2, 0) is 19.2 Å². The number of allylic oxidation sites excluding steroid dienone is 2. The number of anilines is 1. The van der Waals surface area contributed by atoms with E-state index in [1.165, 1.54) is 24.3 Å². The first kappa shape index (κ1) is 28.4. The maximum Gasteiger partial charge on any atom is 0.488 e. The smallest absolute Gasteiger partial charge is 0.488 e. The van der Waals surface area contributed by atoms with Gasteiger partial charge in [0, 0.05) is 11.5 Å². The standard InChI is InChI=1S/C28H24BBrCl2N2O7/c1-13-4-2-7-18(22(13)35)21-16-8-9-17-20(19(16)11-27(31)25(38)33(12-30)26(39)28(21,27)32)24(37)34(23(17)36)15-6-3-5-14(10-15)29(40)41/h2-8,10,17,19-21,35,40-41H,9,11-12H2,1H3/t17-,19+,20-,21+,27+,28-/m0/s1. The lowest BCUT2D eigenvalue weighted by Crippen LogP contribution is -2.60. The van der Waals surface area contributed by atoms with E-state index in [1.54, 1.807) is 31.2 Å². The van der Waals surface area contributed by atoms with E-state index >= 15 is 0 Å². The fraction of sp³-hybridized carbons (Fsp3) is 0.357. The molecule has 0 unspecified atom stereocenters. The van der Waals surface area contributed by atoms with E-state index in [4.69, 9.17) is 23.2 Å². The van der Waals surface area contributed by atoms with Crippen LogP contribution in [0.1, 0.15) is 29.9 Å². The molecule has 41 heavy (non-hydrogen) atoms. The van der Waals surface area contributed by atoms with Gasteiger partial charge in [0.25, 0.3) is 11.8 Å². The second-order valence-corrected chi connectivity index (χ2v) is 12.7. The van der Waals surface area contributed by atoms with E-state index in [1.807, 2.05) is 0 Å². The zero-order chi connectivity index (χ0) is 29.6. The van der Waals surface area contributed by atoms with Crippen LogP contribution in [-0.4, -0.2) is 66.0 Å². The third kappa shape index (κ3) is 3.69. The molecule has 0 aromatic heterocycles. The Bertz CT molecular complexity index is 1570. The number of hydrogen-bond donors (Lipinski definition) is 3. The van der Waals surface area contributed by atoms with Crippen molar-refractivity contribution in [3.63, 3.8) is 0 Å². The number of rotatable bonds is 4. The number of halogens is 3. The van der Waals surface area contributed by atoms with Gasteiger partial charge in [0.05, 0.1) is 23.0 Å². The summed E-state index contributed by atoms with van der Waals surface area (Å²) in [5.41, 5.74) is 1.55. The highest BCUT2D eigenvalue weighted by molar-refractivity contribution is 9.09. The van der Waals surface area contributed by atoms with E-state index in [2.05, 4.69) is 15.9 Å². The second-order valence-electron chi connectivity index (χ2n) is 11.0. The van der Waals surface area contributed by atoms with Gasteiger partial charge in [-0.05, 0) is 48.8 Å². The van der Waals surface area contributed by atoms with Gasteiger partial charge >= 0.3 is 7.12 Å².